The molecule has 338 valence electrons. The second kappa shape index (κ2) is 15.3. The highest BCUT2D eigenvalue weighted by molar-refractivity contribution is 7.92. The highest BCUT2D eigenvalue weighted by Crippen LogP contribution is 2.68. The van der Waals surface area contributed by atoms with E-state index >= 15 is 8.78 Å². The Morgan fingerprint density at radius 1 is 1.02 bits per heavy atom. The molecule has 0 aliphatic heterocycles. The molecule has 3 atom stereocenters. The van der Waals surface area contributed by atoms with Crippen molar-refractivity contribution in [3.63, 3.8) is 0 Å². The lowest BCUT2D eigenvalue weighted by molar-refractivity contribution is -0.141. The Balaban J connectivity index is 1.26. The largest absolute Gasteiger partial charge is 0.434 e. The van der Waals surface area contributed by atoms with Gasteiger partial charge < -0.3 is 5.32 Å². The molecule has 9 rings (SSSR count). The molecule has 2 N–H and O–H groups in total. The van der Waals surface area contributed by atoms with Crippen LogP contribution in [0.1, 0.15) is 58.8 Å². The number of halogens is 10. The molecule has 4 heterocycles. The van der Waals surface area contributed by atoms with E-state index < -0.39 is 105 Å². The number of carbonyl (C=O) groups excluding carboxylic acids is 1. The third-order valence-electron chi connectivity index (χ3n) is 11.0. The molecular formula is C40H28ClF9N10O4S. The maximum atomic E-state index is 15.5. The van der Waals surface area contributed by atoms with E-state index in [2.05, 4.69) is 30.2 Å². The number of sulfonamides is 1. The van der Waals surface area contributed by atoms with Crippen LogP contribution in [0.2, 0.25) is 5.02 Å². The molecule has 14 nitrogen and oxygen atoms in total. The fourth-order valence-corrected chi connectivity index (χ4v) is 9.12. The normalized spacial score (nSPS) is 17.1. The molecule has 1 amide bonds. The molecule has 3 aromatic carbocycles. The molecule has 2 aliphatic carbocycles. The second-order valence-electron chi connectivity index (χ2n) is 15.5. The Morgan fingerprint density at radius 3 is 2.42 bits per heavy atom. The summed E-state index contributed by atoms with van der Waals surface area (Å²) in [6.45, 7) is -1.08. The lowest BCUT2D eigenvalue weighted by Crippen LogP contribution is -2.38. The number of carbonyl (C=O) groups is 1. The zero-order chi connectivity index (χ0) is 46.7. The van der Waals surface area contributed by atoms with Crippen molar-refractivity contribution < 1.29 is 52.7 Å². The Kier molecular flexibility index (Phi) is 10.3. The van der Waals surface area contributed by atoms with Gasteiger partial charge in [0.15, 0.2) is 11.5 Å². The van der Waals surface area contributed by atoms with Gasteiger partial charge in [-0.05, 0) is 54.3 Å². The van der Waals surface area contributed by atoms with Crippen molar-refractivity contribution in [1.29, 1.82) is 0 Å². The molecule has 7 aromatic rings. The smallest absolute Gasteiger partial charge is 0.344 e. The van der Waals surface area contributed by atoms with E-state index in [-0.39, 0.29) is 67.1 Å². The van der Waals surface area contributed by atoms with Gasteiger partial charge in [-0.3, -0.25) is 33.2 Å². The van der Waals surface area contributed by atoms with Crippen molar-refractivity contribution in [3.05, 3.63) is 122 Å². The van der Waals surface area contributed by atoms with Crippen LogP contribution in [0.3, 0.4) is 0 Å². The number of nitrogens with zero attached hydrogens (tertiary/aromatic N) is 8. The zero-order valence-corrected chi connectivity index (χ0v) is 34.7. The van der Waals surface area contributed by atoms with Gasteiger partial charge in [-0.1, -0.05) is 17.7 Å². The second-order valence-corrected chi connectivity index (χ2v) is 17.7. The van der Waals surface area contributed by atoms with Crippen molar-refractivity contribution in [1.82, 2.24) is 44.4 Å². The molecule has 0 spiro atoms. The SMILES string of the molecule is Cn1nc(NS(C)(=O)=O)c2c(Cl)ccc(-n3c([C@H](Cc4cc(F)cc(F)c4)NC(=O)Cn4nc(C(F)F)c5c4C(F)(F)[C@@H]4C[C@H]54)nc4cc(-c5cncc(C(F)(F)F)n5)ccc4c3=O)c21. The van der Waals surface area contributed by atoms with Gasteiger partial charge in [0.1, 0.15) is 35.4 Å². The van der Waals surface area contributed by atoms with Crippen LogP contribution in [0.25, 0.3) is 38.8 Å². The first-order valence-electron chi connectivity index (χ1n) is 19.1. The summed E-state index contributed by atoms with van der Waals surface area (Å²) in [4.78, 5) is 41.1. The minimum absolute atomic E-state index is 0.00156. The fraction of sp³-hybridized carbons (Fsp3) is 0.275. The van der Waals surface area contributed by atoms with E-state index in [0.29, 0.717) is 16.9 Å². The number of fused-ring (bicyclic) bond motifs is 5. The molecule has 65 heavy (non-hydrogen) atoms. The standard InChI is InChI=1S/C40H28ClF9N10O4S/c1-58-33-27(6-5-23(41)31(33)36(56-58)57-65(2,63)64)60-37(54-24-10-17(3-4-20(24)38(60)62)26-13-51-14-28(52-26)40(48,49)50)25(9-16-7-18(42)11-19(43)8-16)53-29(61)15-59-34-30(32(55-59)35(44)45)21-12-22(21)39(34,46)47/h3-8,10-11,13-14,21-22,25,35H,9,12,15H2,1-2H3,(H,53,61)(H,56,57)/t21-,22+,25-/m0/s1. The van der Waals surface area contributed by atoms with Crippen molar-refractivity contribution >= 4 is 55.2 Å². The van der Waals surface area contributed by atoms with Crippen LogP contribution < -0.4 is 15.6 Å². The molecule has 0 bridgehead atoms. The van der Waals surface area contributed by atoms with Crippen LogP contribution in [0.15, 0.2) is 65.7 Å². The predicted octanol–water partition coefficient (Wildman–Crippen LogP) is 7.49. The van der Waals surface area contributed by atoms with E-state index in [4.69, 9.17) is 16.6 Å². The topological polar surface area (TPSA) is 172 Å². The summed E-state index contributed by atoms with van der Waals surface area (Å²) in [5.41, 5.74) is -5.18. The van der Waals surface area contributed by atoms with E-state index in [9.17, 15) is 48.7 Å². The van der Waals surface area contributed by atoms with Gasteiger partial charge in [0.2, 0.25) is 15.9 Å². The first-order valence-corrected chi connectivity index (χ1v) is 21.4. The molecule has 25 heteroatoms. The summed E-state index contributed by atoms with van der Waals surface area (Å²) >= 11 is 6.58. The quantitative estimate of drug-likeness (QED) is 0.125. The minimum Gasteiger partial charge on any atom is -0.344 e. The summed E-state index contributed by atoms with van der Waals surface area (Å²) in [5.74, 6) is -9.77. The monoisotopic (exact) mass is 950 g/mol. The van der Waals surface area contributed by atoms with Gasteiger partial charge in [-0.25, -0.2) is 35.9 Å². The van der Waals surface area contributed by atoms with E-state index in [1.54, 1.807) is 0 Å². The van der Waals surface area contributed by atoms with Crippen LogP contribution in [-0.2, 0) is 46.9 Å². The van der Waals surface area contributed by atoms with Crippen molar-refractivity contribution in [2.75, 3.05) is 11.0 Å². The minimum atomic E-state index is -4.89. The number of aryl methyl sites for hydroxylation is 1. The highest BCUT2D eigenvalue weighted by atomic mass is 35.5. The summed E-state index contributed by atoms with van der Waals surface area (Å²) in [5, 5.41) is 10.2. The fourth-order valence-electron chi connectivity index (χ4n) is 8.38. The lowest BCUT2D eigenvalue weighted by atomic mass is 10.0. The third-order valence-corrected chi connectivity index (χ3v) is 11.9. The van der Waals surface area contributed by atoms with Gasteiger partial charge in [0.05, 0.1) is 62.9 Å². The predicted molar refractivity (Wildman–Crippen MR) is 214 cm³/mol. The zero-order valence-electron chi connectivity index (χ0n) is 33.1. The average Bonchev–Trinajstić information content (AvgIpc) is 3.75. The van der Waals surface area contributed by atoms with Gasteiger partial charge in [0.25, 0.3) is 17.9 Å². The third kappa shape index (κ3) is 7.80. The van der Waals surface area contributed by atoms with Gasteiger partial charge in [-0.15, -0.1) is 0 Å². The molecular weight excluding hydrogens is 923 g/mol. The van der Waals surface area contributed by atoms with Crippen molar-refractivity contribution in [2.24, 2.45) is 13.0 Å². The maximum Gasteiger partial charge on any atom is 0.434 e. The van der Waals surface area contributed by atoms with Crippen LogP contribution >= 0.6 is 11.6 Å². The number of aromatic nitrogens is 8. The Hall–Kier alpha value is -6.56. The molecule has 2 aliphatic rings. The Bertz CT molecular complexity index is 3300. The average molecular weight is 951 g/mol. The molecule has 1 saturated carbocycles. The summed E-state index contributed by atoms with van der Waals surface area (Å²) < 4.78 is 159. The van der Waals surface area contributed by atoms with Crippen LogP contribution in [0.4, 0.5) is 45.3 Å². The molecule has 4 aromatic heterocycles. The van der Waals surface area contributed by atoms with Crippen LogP contribution in [-0.4, -0.2) is 59.7 Å². The molecule has 0 unspecified atom stereocenters. The van der Waals surface area contributed by atoms with Gasteiger partial charge >= 0.3 is 6.18 Å². The number of alkyl halides is 7. The number of nitrogens with one attached hydrogen (secondary N) is 2. The number of benzene rings is 3. The first kappa shape index (κ1) is 43.7. The summed E-state index contributed by atoms with van der Waals surface area (Å²) in [7, 11) is -2.61. The molecule has 0 radical (unpaired) electrons. The van der Waals surface area contributed by atoms with E-state index in [0.717, 1.165) is 29.2 Å². The van der Waals surface area contributed by atoms with Crippen molar-refractivity contribution in [3.8, 4) is 16.9 Å². The number of rotatable bonds is 11. The summed E-state index contributed by atoms with van der Waals surface area (Å²) in [6, 6.07) is 6.92. The first-order chi connectivity index (χ1) is 30.5. The lowest BCUT2D eigenvalue weighted by Gasteiger charge is -2.24. The number of amides is 1. The Labute approximate surface area is 364 Å². The van der Waals surface area contributed by atoms with Crippen LogP contribution in [0.5, 0.6) is 0 Å². The van der Waals surface area contributed by atoms with Crippen molar-refractivity contribution in [2.45, 2.75) is 49.9 Å². The van der Waals surface area contributed by atoms with Crippen LogP contribution in [0, 0.1) is 17.6 Å². The molecule has 1 fully saturated rings. The number of anilines is 1. The van der Waals surface area contributed by atoms with E-state index in [1.165, 1.54) is 42.1 Å². The Morgan fingerprint density at radius 2 is 1.74 bits per heavy atom. The molecule has 0 saturated heterocycles. The van der Waals surface area contributed by atoms with Gasteiger partial charge in [0, 0.05) is 36.6 Å². The highest BCUT2D eigenvalue weighted by Gasteiger charge is 2.67. The summed E-state index contributed by atoms with van der Waals surface area (Å²) in [6.07, 6.45) is -6.44. The maximum absolute atomic E-state index is 15.5. The van der Waals surface area contributed by atoms with E-state index in [1.807, 2.05) is 0 Å². The number of hydrogen-bond donors (Lipinski definition) is 2. The number of hydrogen-bond acceptors (Lipinski definition) is 9. The van der Waals surface area contributed by atoms with Gasteiger partial charge in [-0.2, -0.15) is 32.1 Å².